The summed E-state index contributed by atoms with van der Waals surface area (Å²) in [6, 6.07) is 17.3. The van der Waals surface area contributed by atoms with Crippen LogP contribution in [0.5, 0.6) is 0 Å². The Balaban J connectivity index is 2.05. The molecular weight excluding hydrogens is 569 g/mol. The van der Waals surface area contributed by atoms with Crippen molar-refractivity contribution in [1.29, 1.82) is 0 Å². The van der Waals surface area contributed by atoms with Gasteiger partial charge in [0.05, 0.1) is 10.6 Å². The van der Waals surface area contributed by atoms with Gasteiger partial charge >= 0.3 is 0 Å². The van der Waals surface area contributed by atoms with E-state index < -0.39 is 28.5 Å². The molecule has 0 saturated heterocycles. The topological polar surface area (TPSA) is 86.8 Å². The molecule has 0 heterocycles. The molecule has 1 N–H and O–H groups in total. The van der Waals surface area contributed by atoms with E-state index in [0.29, 0.717) is 27.8 Å². The molecule has 0 bridgehead atoms. The monoisotopic (exact) mass is 603 g/mol. The van der Waals surface area contributed by atoms with Crippen LogP contribution >= 0.6 is 23.2 Å². The molecule has 10 heteroatoms. The molecule has 0 radical (unpaired) electrons. The number of carbonyl (C=O) groups is 2. The van der Waals surface area contributed by atoms with Gasteiger partial charge in [0, 0.05) is 23.1 Å². The van der Waals surface area contributed by atoms with Gasteiger partial charge in [-0.05, 0) is 74.2 Å². The highest BCUT2D eigenvalue weighted by atomic mass is 35.5. The van der Waals surface area contributed by atoms with Crippen LogP contribution in [0.2, 0.25) is 10.0 Å². The fourth-order valence-corrected chi connectivity index (χ4v) is 6.15. The number of sulfonamides is 1. The number of hydrogen-bond donors (Lipinski definition) is 1. The smallest absolute Gasteiger partial charge is 0.264 e. The molecule has 0 spiro atoms. The van der Waals surface area contributed by atoms with Crippen LogP contribution in [0.25, 0.3) is 0 Å². The first-order valence-electron chi connectivity index (χ1n) is 13.1. The highest BCUT2D eigenvalue weighted by Gasteiger charge is 2.33. The van der Waals surface area contributed by atoms with Gasteiger partial charge in [0.2, 0.25) is 11.8 Å². The van der Waals surface area contributed by atoms with Crippen molar-refractivity contribution in [2.24, 2.45) is 0 Å². The van der Waals surface area contributed by atoms with Crippen LogP contribution in [0.4, 0.5) is 5.69 Å². The Labute approximate surface area is 247 Å². The van der Waals surface area contributed by atoms with Crippen molar-refractivity contribution in [2.75, 3.05) is 17.4 Å². The van der Waals surface area contributed by atoms with E-state index in [2.05, 4.69) is 5.32 Å². The second-order valence-electron chi connectivity index (χ2n) is 9.62. The molecule has 0 saturated carbocycles. The maximum absolute atomic E-state index is 14.0. The van der Waals surface area contributed by atoms with E-state index in [-0.39, 0.29) is 17.3 Å². The van der Waals surface area contributed by atoms with E-state index in [1.54, 1.807) is 55.5 Å². The lowest BCUT2D eigenvalue weighted by molar-refractivity contribution is -0.139. The number of anilines is 1. The van der Waals surface area contributed by atoms with E-state index in [9.17, 15) is 18.0 Å². The van der Waals surface area contributed by atoms with Gasteiger partial charge in [-0.1, -0.05) is 72.9 Å². The van der Waals surface area contributed by atoms with Gasteiger partial charge < -0.3 is 10.2 Å². The average Bonchev–Trinajstić information content (AvgIpc) is 2.93. The van der Waals surface area contributed by atoms with Crippen LogP contribution in [0, 0.1) is 13.8 Å². The first kappa shape index (κ1) is 31.5. The summed E-state index contributed by atoms with van der Waals surface area (Å²) in [7, 11) is -4.13. The number of nitrogens with one attached hydrogen (secondary N) is 1. The third-order valence-electron chi connectivity index (χ3n) is 6.81. The second-order valence-corrected chi connectivity index (χ2v) is 12.3. The Morgan fingerprint density at radius 1 is 0.975 bits per heavy atom. The second kappa shape index (κ2) is 14.0. The predicted molar refractivity (Wildman–Crippen MR) is 161 cm³/mol. The van der Waals surface area contributed by atoms with Gasteiger partial charge in [0.1, 0.15) is 12.6 Å². The van der Waals surface area contributed by atoms with Gasteiger partial charge in [-0.15, -0.1) is 0 Å². The molecule has 0 aliphatic carbocycles. The van der Waals surface area contributed by atoms with Crippen molar-refractivity contribution >= 4 is 50.7 Å². The minimum absolute atomic E-state index is 0.0107. The molecule has 3 aromatic rings. The number of benzene rings is 3. The Hall–Kier alpha value is -3.07. The van der Waals surface area contributed by atoms with Gasteiger partial charge in [-0.3, -0.25) is 13.9 Å². The van der Waals surface area contributed by atoms with Gasteiger partial charge in [0.25, 0.3) is 10.0 Å². The molecule has 0 aliphatic heterocycles. The van der Waals surface area contributed by atoms with Crippen molar-refractivity contribution in [3.05, 3.63) is 93.5 Å². The van der Waals surface area contributed by atoms with E-state index in [4.69, 9.17) is 23.2 Å². The molecule has 7 nitrogen and oxygen atoms in total. The molecule has 40 heavy (non-hydrogen) atoms. The summed E-state index contributed by atoms with van der Waals surface area (Å²) in [6.45, 7) is 7.28. The maximum Gasteiger partial charge on any atom is 0.264 e. The number of hydrogen-bond acceptors (Lipinski definition) is 4. The van der Waals surface area contributed by atoms with E-state index in [0.717, 1.165) is 28.3 Å². The first-order chi connectivity index (χ1) is 19.0. The van der Waals surface area contributed by atoms with E-state index >= 15 is 0 Å². The standard InChI is InChI=1S/C30H35Cl2N3O4S/c1-5-6-17-33-30(37)23(4)34(19-24-15-16-25(31)18-27(24)32)29(36)20-35(28-14-10-11-21(2)22(28)3)40(38,39)26-12-8-7-9-13-26/h7-16,18,23H,5-6,17,19-20H2,1-4H3,(H,33,37). The lowest BCUT2D eigenvalue weighted by Crippen LogP contribution is -2.51. The lowest BCUT2D eigenvalue weighted by atomic mass is 10.1. The van der Waals surface area contributed by atoms with Crippen LogP contribution < -0.4 is 9.62 Å². The predicted octanol–water partition coefficient (Wildman–Crippen LogP) is 6.14. The number of aryl methyl sites for hydroxylation is 1. The SMILES string of the molecule is CCCCNC(=O)C(C)N(Cc1ccc(Cl)cc1Cl)C(=O)CN(c1cccc(C)c1C)S(=O)(=O)c1ccccc1. The lowest BCUT2D eigenvalue weighted by Gasteiger charge is -2.32. The number of nitrogens with zero attached hydrogens (tertiary/aromatic N) is 2. The zero-order chi connectivity index (χ0) is 29.4. The number of amides is 2. The fraction of sp³-hybridized carbons (Fsp3) is 0.333. The van der Waals surface area contributed by atoms with Gasteiger partial charge in [0.15, 0.2) is 0 Å². The maximum atomic E-state index is 14.0. The van der Waals surface area contributed by atoms with Gasteiger partial charge in [-0.25, -0.2) is 8.42 Å². The number of unbranched alkanes of at least 4 members (excludes halogenated alkanes) is 1. The third kappa shape index (κ3) is 7.56. The Bertz CT molecular complexity index is 1450. The first-order valence-corrected chi connectivity index (χ1v) is 15.3. The number of halogens is 2. The largest absolute Gasteiger partial charge is 0.354 e. The summed E-state index contributed by atoms with van der Waals surface area (Å²) >= 11 is 12.5. The quantitative estimate of drug-likeness (QED) is 0.252. The summed E-state index contributed by atoms with van der Waals surface area (Å²) in [6.07, 6.45) is 1.70. The van der Waals surface area contributed by atoms with E-state index in [1.165, 1.54) is 17.0 Å². The molecule has 1 atom stereocenters. The van der Waals surface area contributed by atoms with Crippen molar-refractivity contribution in [2.45, 2.75) is 58.0 Å². The highest BCUT2D eigenvalue weighted by molar-refractivity contribution is 7.92. The van der Waals surface area contributed by atoms with Crippen molar-refractivity contribution in [3.8, 4) is 0 Å². The summed E-state index contributed by atoms with van der Waals surface area (Å²) in [5.41, 5.74) is 2.58. The molecule has 2 amide bonds. The minimum Gasteiger partial charge on any atom is -0.354 e. The van der Waals surface area contributed by atoms with Crippen molar-refractivity contribution < 1.29 is 18.0 Å². The minimum atomic E-state index is -4.13. The molecule has 1 unspecified atom stereocenters. The van der Waals surface area contributed by atoms with Crippen LogP contribution in [0.3, 0.4) is 0 Å². The molecule has 0 aromatic heterocycles. The molecule has 0 fully saturated rings. The van der Waals surface area contributed by atoms with Crippen LogP contribution in [0.15, 0.2) is 71.6 Å². The fourth-order valence-electron chi connectivity index (χ4n) is 4.19. The zero-order valence-electron chi connectivity index (χ0n) is 23.2. The van der Waals surface area contributed by atoms with Crippen LogP contribution in [-0.2, 0) is 26.2 Å². The summed E-state index contributed by atoms with van der Waals surface area (Å²) in [5, 5.41) is 3.64. The molecule has 0 aliphatic rings. The Morgan fingerprint density at radius 2 is 1.68 bits per heavy atom. The number of carbonyl (C=O) groups excluding carboxylic acids is 2. The molecule has 3 aromatic carbocycles. The zero-order valence-corrected chi connectivity index (χ0v) is 25.5. The van der Waals surface area contributed by atoms with Crippen LogP contribution in [-0.4, -0.2) is 44.3 Å². The summed E-state index contributed by atoms with van der Waals surface area (Å²) in [4.78, 5) is 28.5. The van der Waals surface area contributed by atoms with Gasteiger partial charge in [-0.2, -0.15) is 0 Å². The van der Waals surface area contributed by atoms with Crippen molar-refractivity contribution in [3.63, 3.8) is 0 Å². The molecule has 214 valence electrons. The average molecular weight is 605 g/mol. The highest BCUT2D eigenvalue weighted by Crippen LogP contribution is 2.29. The Kier molecular flexibility index (Phi) is 11.0. The van der Waals surface area contributed by atoms with Crippen LogP contribution in [0.1, 0.15) is 43.4 Å². The van der Waals surface area contributed by atoms with E-state index in [1.807, 2.05) is 26.8 Å². The Morgan fingerprint density at radius 3 is 2.33 bits per heavy atom. The molecular formula is C30H35Cl2N3O4S. The van der Waals surface area contributed by atoms with Crippen molar-refractivity contribution in [1.82, 2.24) is 10.2 Å². The number of rotatable bonds is 12. The third-order valence-corrected chi connectivity index (χ3v) is 9.17. The molecule has 3 rings (SSSR count). The summed E-state index contributed by atoms with van der Waals surface area (Å²) in [5.74, 6) is -0.888. The summed E-state index contributed by atoms with van der Waals surface area (Å²) < 4.78 is 29.0. The normalized spacial score (nSPS) is 12.1.